The summed E-state index contributed by atoms with van der Waals surface area (Å²) in [5, 5.41) is 9.67. The van der Waals surface area contributed by atoms with Crippen LogP contribution in [0.5, 0.6) is 11.5 Å². The Morgan fingerprint density at radius 2 is 2.07 bits per heavy atom. The Morgan fingerprint density at radius 1 is 1.43 bits per heavy atom. The minimum absolute atomic E-state index is 0.172. The number of ether oxygens (including phenoxy) is 1. The summed E-state index contributed by atoms with van der Waals surface area (Å²) in [5.41, 5.74) is 2.51. The van der Waals surface area contributed by atoms with E-state index in [2.05, 4.69) is 4.84 Å². The zero-order chi connectivity index (χ0) is 10.7. The monoisotopic (exact) mass is 197 g/mol. The second-order valence-electron chi connectivity index (χ2n) is 3.17. The highest BCUT2D eigenvalue weighted by atomic mass is 16.6. The molecule has 1 rings (SSSR count). The Kier molecular flexibility index (Phi) is 3.33. The topological polar surface area (TPSA) is 64.7 Å². The zero-order valence-electron chi connectivity index (χ0n) is 8.63. The van der Waals surface area contributed by atoms with Crippen LogP contribution >= 0.6 is 0 Å². The van der Waals surface area contributed by atoms with Gasteiger partial charge in [0, 0.05) is 5.56 Å². The first kappa shape index (κ1) is 10.8. The van der Waals surface area contributed by atoms with Gasteiger partial charge in [-0.3, -0.25) is 4.84 Å². The molecular weight excluding hydrogens is 182 g/mol. The maximum atomic E-state index is 9.67. The van der Waals surface area contributed by atoms with E-state index in [0.29, 0.717) is 12.4 Å². The van der Waals surface area contributed by atoms with Crippen LogP contribution in [-0.4, -0.2) is 12.2 Å². The lowest BCUT2D eigenvalue weighted by Crippen LogP contribution is -2.03. The molecule has 0 amide bonds. The lowest BCUT2D eigenvalue weighted by molar-refractivity contribution is 0.123. The number of phenolic OH excluding ortho intramolecular Hbond substituents is 1. The molecule has 0 aliphatic carbocycles. The Morgan fingerprint density at radius 3 is 2.57 bits per heavy atom. The van der Waals surface area contributed by atoms with E-state index in [-0.39, 0.29) is 5.75 Å². The summed E-state index contributed by atoms with van der Waals surface area (Å²) in [4.78, 5) is 4.57. The second kappa shape index (κ2) is 4.30. The lowest BCUT2D eigenvalue weighted by Gasteiger charge is -2.13. The fraction of sp³-hybridized carbons (Fsp3) is 0.400. The predicted molar refractivity (Wildman–Crippen MR) is 53.1 cm³/mol. The molecule has 0 aromatic heterocycles. The molecule has 4 heteroatoms. The first-order chi connectivity index (χ1) is 6.61. The number of rotatable bonds is 3. The normalized spacial score (nSPS) is 10.3. The van der Waals surface area contributed by atoms with Gasteiger partial charge in [0.15, 0.2) is 11.5 Å². The van der Waals surface area contributed by atoms with Crippen molar-refractivity contribution in [3.8, 4) is 11.5 Å². The van der Waals surface area contributed by atoms with Gasteiger partial charge < -0.3 is 9.84 Å². The smallest absolute Gasteiger partial charge is 0.164 e. The van der Waals surface area contributed by atoms with E-state index in [1.165, 1.54) is 7.11 Å². The predicted octanol–water partition coefficient (Wildman–Crippen LogP) is 1.41. The lowest BCUT2D eigenvalue weighted by atomic mass is 10.0. The second-order valence-corrected chi connectivity index (χ2v) is 3.17. The molecule has 14 heavy (non-hydrogen) atoms. The maximum Gasteiger partial charge on any atom is 0.164 e. The summed E-state index contributed by atoms with van der Waals surface area (Å²) in [6.45, 7) is 3.97. The van der Waals surface area contributed by atoms with Crippen LogP contribution in [0, 0.1) is 13.8 Å². The molecule has 0 spiro atoms. The molecule has 0 bridgehead atoms. The minimum atomic E-state index is 0.172. The fourth-order valence-electron chi connectivity index (χ4n) is 1.43. The van der Waals surface area contributed by atoms with E-state index in [1.54, 1.807) is 6.92 Å². The summed E-state index contributed by atoms with van der Waals surface area (Å²) in [6, 6.07) is 1.83. The highest BCUT2D eigenvalue weighted by Gasteiger charge is 2.12. The van der Waals surface area contributed by atoms with Crippen LogP contribution in [-0.2, 0) is 11.4 Å². The molecule has 3 N–H and O–H groups in total. The Labute approximate surface area is 83.2 Å². The summed E-state index contributed by atoms with van der Waals surface area (Å²) in [6.07, 6.45) is 0. The molecule has 0 atom stereocenters. The van der Waals surface area contributed by atoms with Crippen molar-refractivity contribution in [2.75, 3.05) is 7.11 Å². The molecule has 0 saturated heterocycles. The number of aromatic hydroxyl groups is 1. The largest absolute Gasteiger partial charge is 0.504 e. The van der Waals surface area contributed by atoms with Gasteiger partial charge in [-0.2, -0.15) is 0 Å². The van der Waals surface area contributed by atoms with Crippen LogP contribution in [0.2, 0.25) is 0 Å². The zero-order valence-corrected chi connectivity index (χ0v) is 8.63. The van der Waals surface area contributed by atoms with Crippen LogP contribution in [0.15, 0.2) is 6.07 Å². The highest BCUT2D eigenvalue weighted by molar-refractivity contribution is 5.53. The quantitative estimate of drug-likeness (QED) is 0.719. The Hall–Kier alpha value is -1.26. The van der Waals surface area contributed by atoms with Gasteiger partial charge in [0.2, 0.25) is 0 Å². The number of benzene rings is 1. The van der Waals surface area contributed by atoms with Crippen molar-refractivity contribution in [3.63, 3.8) is 0 Å². The minimum Gasteiger partial charge on any atom is -0.504 e. The standard InChI is InChI=1S/C10H15NO3/c1-6-4-8(5-14-11)7(2)10(13-3)9(6)12/h4,12H,5,11H2,1-3H3. The van der Waals surface area contributed by atoms with E-state index >= 15 is 0 Å². The average molecular weight is 197 g/mol. The number of phenols is 1. The van der Waals surface area contributed by atoms with Crippen LogP contribution < -0.4 is 10.6 Å². The molecule has 0 fully saturated rings. The number of hydrogen-bond acceptors (Lipinski definition) is 4. The molecule has 0 unspecified atom stereocenters. The fourth-order valence-corrected chi connectivity index (χ4v) is 1.43. The first-order valence-electron chi connectivity index (χ1n) is 4.29. The maximum absolute atomic E-state index is 9.67. The molecule has 0 saturated carbocycles. The number of methoxy groups -OCH3 is 1. The van der Waals surface area contributed by atoms with Crippen LogP contribution in [0.1, 0.15) is 16.7 Å². The van der Waals surface area contributed by atoms with Gasteiger partial charge in [-0.25, -0.2) is 5.90 Å². The van der Waals surface area contributed by atoms with Crippen molar-refractivity contribution in [1.82, 2.24) is 0 Å². The van der Waals surface area contributed by atoms with Crippen molar-refractivity contribution in [1.29, 1.82) is 0 Å². The summed E-state index contributed by atoms with van der Waals surface area (Å²) >= 11 is 0. The molecule has 1 aromatic rings. The van der Waals surface area contributed by atoms with Gasteiger partial charge in [-0.15, -0.1) is 0 Å². The van der Waals surface area contributed by atoms with Crippen LogP contribution in [0.3, 0.4) is 0 Å². The van der Waals surface area contributed by atoms with Crippen LogP contribution in [0.4, 0.5) is 0 Å². The van der Waals surface area contributed by atoms with E-state index in [0.717, 1.165) is 16.7 Å². The molecule has 4 nitrogen and oxygen atoms in total. The average Bonchev–Trinajstić information content (AvgIpc) is 2.16. The van der Waals surface area contributed by atoms with E-state index in [9.17, 15) is 5.11 Å². The molecule has 0 radical (unpaired) electrons. The van der Waals surface area contributed by atoms with E-state index in [1.807, 2.05) is 13.0 Å². The van der Waals surface area contributed by atoms with Crippen molar-refractivity contribution in [2.45, 2.75) is 20.5 Å². The van der Waals surface area contributed by atoms with Crippen LogP contribution in [0.25, 0.3) is 0 Å². The molecule has 78 valence electrons. The van der Waals surface area contributed by atoms with Gasteiger partial charge in [-0.1, -0.05) is 0 Å². The highest BCUT2D eigenvalue weighted by Crippen LogP contribution is 2.35. The van der Waals surface area contributed by atoms with E-state index in [4.69, 9.17) is 10.6 Å². The number of hydrogen-bond donors (Lipinski definition) is 2. The van der Waals surface area contributed by atoms with Crippen molar-refractivity contribution >= 4 is 0 Å². The van der Waals surface area contributed by atoms with Crippen molar-refractivity contribution in [3.05, 3.63) is 22.8 Å². The Bertz CT molecular complexity index is 337. The first-order valence-corrected chi connectivity index (χ1v) is 4.29. The van der Waals surface area contributed by atoms with Gasteiger partial charge >= 0.3 is 0 Å². The molecule has 0 aliphatic rings. The summed E-state index contributed by atoms with van der Waals surface area (Å²) < 4.78 is 5.10. The summed E-state index contributed by atoms with van der Waals surface area (Å²) in [5.74, 6) is 5.66. The van der Waals surface area contributed by atoms with Gasteiger partial charge in [-0.05, 0) is 31.0 Å². The molecule has 0 heterocycles. The molecule has 1 aromatic carbocycles. The van der Waals surface area contributed by atoms with Gasteiger partial charge in [0.25, 0.3) is 0 Å². The molecule has 0 aliphatic heterocycles. The molecular formula is C10H15NO3. The van der Waals surface area contributed by atoms with Crippen molar-refractivity contribution < 1.29 is 14.7 Å². The Balaban J connectivity index is 3.27. The third-order valence-electron chi connectivity index (χ3n) is 2.24. The number of aryl methyl sites for hydroxylation is 1. The van der Waals surface area contributed by atoms with Gasteiger partial charge in [0.1, 0.15) is 0 Å². The summed E-state index contributed by atoms with van der Waals surface area (Å²) in [7, 11) is 1.52. The van der Waals surface area contributed by atoms with Crippen molar-refractivity contribution in [2.24, 2.45) is 5.90 Å². The SMILES string of the molecule is COc1c(C)c(CON)cc(C)c1O. The third-order valence-corrected chi connectivity index (χ3v) is 2.24. The van der Waals surface area contributed by atoms with E-state index < -0.39 is 0 Å². The third kappa shape index (κ3) is 1.81. The number of nitrogens with two attached hydrogens (primary N) is 1. The van der Waals surface area contributed by atoms with Gasteiger partial charge in [0.05, 0.1) is 13.7 Å².